The lowest BCUT2D eigenvalue weighted by atomic mass is 10.1. The molecule has 0 aliphatic heterocycles. The summed E-state index contributed by atoms with van der Waals surface area (Å²) in [5.41, 5.74) is 5.11. The first-order valence-corrected chi connectivity index (χ1v) is 10.8. The minimum atomic E-state index is -0.972. The Morgan fingerprint density at radius 3 is 1.71 bits per heavy atom. The van der Waals surface area contributed by atoms with E-state index in [9.17, 15) is 14.4 Å². The summed E-state index contributed by atoms with van der Waals surface area (Å²) in [5.74, 6) is -1.59. The van der Waals surface area contributed by atoms with Crippen LogP contribution in [0.3, 0.4) is 0 Å². The van der Waals surface area contributed by atoms with Gasteiger partial charge in [0, 0.05) is 6.42 Å². The zero-order valence-electron chi connectivity index (χ0n) is 17.3. The Morgan fingerprint density at radius 2 is 1.18 bits per heavy atom. The number of aliphatic carboxylic acids is 1. The van der Waals surface area contributed by atoms with Crippen LogP contribution < -0.4 is 5.73 Å². The van der Waals surface area contributed by atoms with Gasteiger partial charge in [-0.2, -0.15) is 0 Å². The van der Waals surface area contributed by atoms with Crippen molar-refractivity contribution in [1.29, 1.82) is 0 Å². The Balaban J connectivity index is 3.20. The van der Waals surface area contributed by atoms with E-state index in [-0.39, 0.29) is 18.7 Å². The van der Waals surface area contributed by atoms with Crippen molar-refractivity contribution in [1.82, 2.24) is 0 Å². The number of rotatable bonds is 20. The van der Waals surface area contributed by atoms with Crippen LogP contribution in [0.2, 0.25) is 0 Å². The van der Waals surface area contributed by atoms with Gasteiger partial charge in [0.2, 0.25) is 5.91 Å². The van der Waals surface area contributed by atoms with Crippen LogP contribution in [0.1, 0.15) is 103 Å². The molecule has 0 unspecified atom stereocenters. The van der Waals surface area contributed by atoms with Crippen molar-refractivity contribution in [3.63, 3.8) is 0 Å². The highest BCUT2D eigenvalue weighted by molar-refractivity contribution is 5.76. The molecule has 0 heterocycles. The SMILES string of the molecule is NC(=O)CCCCCCCC=CCCCCCCCCOC(=O)CCC(=O)O. The number of carboxylic acids is 1. The molecule has 0 aliphatic carbocycles. The quantitative estimate of drug-likeness (QED) is 0.173. The highest BCUT2D eigenvalue weighted by Gasteiger charge is 2.05. The zero-order chi connectivity index (χ0) is 20.9. The molecule has 0 radical (unpaired) electrons. The van der Waals surface area contributed by atoms with Crippen molar-refractivity contribution in [2.24, 2.45) is 5.73 Å². The van der Waals surface area contributed by atoms with Crippen LogP contribution in [0.25, 0.3) is 0 Å². The summed E-state index contributed by atoms with van der Waals surface area (Å²) < 4.78 is 4.99. The Kier molecular flexibility index (Phi) is 18.6. The Bertz CT molecular complexity index is 448. The number of allylic oxidation sites excluding steroid dienone is 2. The lowest BCUT2D eigenvalue weighted by molar-refractivity contribution is -0.147. The first-order chi connectivity index (χ1) is 13.5. The van der Waals surface area contributed by atoms with Crippen molar-refractivity contribution < 1.29 is 24.2 Å². The fourth-order valence-corrected chi connectivity index (χ4v) is 2.87. The number of nitrogens with two attached hydrogens (primary N) is 1. The zero-order valence-corrected chi connectivity index (χ0v) is 17.3. The number of carbonyl (C=O) groups is 3. The van der Waals surface area contributed by atoms with Gasteiger partial charge in [-0.15, -0.1) is 0 Å². The minimum absolute atomic E-state index is 0.0419. The van der Waals surface area contributed by atoms with Crippen LogP contribution in [-0.4, -0.2) is 29.6 Å². The maximum Gasteiger partial charge on any atom is 0.306 e. The van der Waals surface area contributed by atoms with Gasteiger partial charge in [-0.1, -0.05) is 57.1 Å². The van der Waals surface area contributed by atoms with Gasteiger partial charge in [-0.05, 0) is 38.5 Å². The summed E-state index contributed by atoms with van der Waals surface area (Å²) >= 11 is 0. The van der Waals surface area contributed by atoms with Crippen molar-refractivity contribution in [2.45, 2.75) is 103 Å². The van der Waals surface area contributed by atoms with Gasteiger partial charge in [0.05, 0.1) is 19.4 Å². The predicted octanol–water partition coefficient (Wildman–Crippen LogP) is 4.90. The van der Waals surface area contributed by atoms with Crippen molar-refractivity contribution in [2.75, 3.05) is 6.61 Å². The summed E-state index contributed by atoms with van der Waals surface area (Å²) in [6, 6.07) is 0. The van der Waals surface area contributed by atoms with Gasteiger partial charge in [0.1, 0.15) is 0 Å². The van der Waals surface area contributed by atoms with Gasteiger partial charge < -0.3 is 15.6 Å². The van der Waals surface area contributed by atoms with Crippen molar-refractivity contribution in [3.05, 3.63) is 12.2 Å². The molecule has 0 aromatic carbocycles. The third kappa shape index (κ3) is 22.2. The third-order valence-electron chi connectivity index (χ3n) is 4.53. The molecular formula is C22H39NO5. The highest BCUT2D eigenvalue weighted by Crippen LogP contribution is 2.10. The van der Waals surface area contributed by atoms with E-state index < -0.39 is 11.9 Å². The fourth-order valence-electron chi connectivity index (χ4n) is 2.87. The van der Waals surface area contributed by atoms with Gasteiger partial charge in [-0.25, -0.2) is 0 Å². The second-order valence-corrected chi connectivity index (χ2v) is 7.27. The molecule has 0 bridgehead atoms. The van der Waals surface area contributed by atoms with Crippen LogP contribution in [0, 0.1) is 0 Å². The van der Waals surface area contributed by atoms with E-state index >= 15 is 0 Å². The molecule has 0 saturated carbocycles. The van der Waals surface area contributed by atoms with Crippen molar-refractivity contribution in [3.8, 4) is 0 Å². The maximum atomic E-state index is 11.2. The average molecular weight is 398 g/mol. The predicted molar refractivity (Wildman–Crippen MR) is 111 cm³/mol. The molecule has 1 amide bonds. The van der Waals surface area contributed by atoms with Crippen LogP contribution in [0.4, 0.5) is 0 Å². The first-order valence-electron chi connectivity index (χ1n) is 10.8. The third-order valence-corrected chi connectivity index (χ3v) is 4.53. The summed E-state index contributed by atoms with van der Waals surface area (Å²) in [5, 5.41) is 8.47. The number of ether oxygens (including phenoxy) is 1. The second kappa shape index (κ2) is 19.9. The molecule has 0 aromatic heterocycles. The smallest absolute Gasteiger partial charge is 0.306 e. The van der Waals surface area contributed by atoms with E-state index in [1.807, 2.05) is 0 Å². The molecule has 0 saturated heterocycles. The highest BCUT2D eigenvalue weighted by atomic mass is 16.5. The molecule has 6 heteroatoms. The van der Waals surface area contributed by atoms with E-state index in [1.54, 1.807) is 0 Å². The number of hydrogen-bond donors (Lipinski definition) is 2. The Hall–Kier alpha value is -1.85. The average Bonchev–Trinajstić information content (AvgIpc) is 2.65. The van der Waals surface area contributed by atoms with Crippen LogP contribution >= 0.6 is 0 Å². The summed E-state index contributed by atoms with van der Waals surface area (Å²) in [7, 11) is 0. The maximum absolute atomic E-state index is 11.2. The van der Waals surface area contributed by atoms with Crippen LogP contribution in [-0.2, 0) is 19.1 Å². The summed E-state index contributed by atoms with van der Waals surface area (Å²) in [4.78, 5) is 32.2. The second-order valence-electron chi connectivity index (χ2n) is 7.27. The summed E-state index contributed by atoms with van der Waals surface area (Å²) in [6.07, 6.45) is 19.5. The monoisotopic (exact) mass is 397 g/mol. The number of carbonyl (C=O) groups excluding carboxylic acids is 2. The van der Waals surface area contributed by atoms with E-state index in [0.717, 1.165) is 44.9 Å². The largest absolute Gasteiger partial charge is 0.481 e. The molecule has 0 rings (SSSR count). The van der Waals surface area contributed by atoms with E-state index in [1.165, 1.54) is 38.5 Å². The fraction of sp³-hybridized carbons (Fsp3) is 0.773. The van der Waals surface area contributed by atoms with Crippen molar-refractivity contribution >= 4 is 17.8 Å². The van der Waals surface area contributed by atoms with E-state index in [4.69, 9.17) is 15.6 Å². The van der Waals surface area contributed by atoms with Gasteiger partial charge in [0.15, 0.2) is 0 Å². The molecule has 162 valence electrons. The lowest BCUT2D eigenvalue weighted by Gasteiger charge is -2.04. The molecule has 0 atom stereocenters. The van der Waals surface area contributed by atoms with Crippen LogP contribution in [0.15, 0.2) is 12.2 Å². The first kappa shape index (κ1) is 26.1. The Morgan fingerprint density at radius 1 is 0.679 bits per heavy atom. The topological polar surface area (TPSA) is 107 Å². The Labute approximate surface area is 169 Å². The van der Waals surface area contributed by atoms with Gasteiger partial charge >= 0.3 is 11.9 Å². The standard InChI is InChI=1S/C22H39NO5/c23-20(24)16-14-12-10-8-6-4-2-1-3-5-7-9-11-13-15-19-28-22(27)18-17-21(25)26/h1-2H,3-19H2,(H2,23,24)(H,25,26). The van der Waals surface area contributed by atoms with E-state index in [2.05, 4.69) is 12.2 Å². The molecule has 0 fully saturated rings. The number of unbranched alkanes of at least 4 members (excludes halogenated alkanes) is 11. The lowest BCUT2D eigenvalue weighted by Crippen LogP contribution is -2.09. The van der Waals surface area contributed by atoms with E-state index in [0.29, 0.717) is 13.0 Å². The molecule has 28 heavy (non-hydrogen) atoms. The summed E-state index contributed by atoms with van der Waals surface area (Å²) in [6.45, 7) is 0.395. The molecule has 0 spiro atoms. The van der Waals surface area contributed by atoms with Gasteiger partial charge in [-0.3, -0.25) is 14.4 Å². The molecule has 0 aliphatic rings. The van der Waals surface area contributed by atoms with Crippen LogP contribution in [0.5, 0.6) is 0 Å². The van der Waals surface area contributed by atoms with Gasteiger partial charge in [0.25, 0.3) is 0 Å². The number of carboxylic acid groups (broad SMARTS) is 1. The molecule has 6 nitrogen and oxygen atoms in total. The molecule has 0 aromatic rings. The minimum Gasteiger partial charge on any atom is -0.481 e. The number of hydrogen-bond acceptors (Lipinski definition) is 4. The number of esters is 1. The normalized spacial score (nSPS) is 11.0. The molecule has 3 N–H and O–H groups in total. The number of primary amides is 1. The number of amides is 1. The molecular weight excluding hydrogens is 358 g/mol.